The summed E-state index contributed by atoms with van der Waals surface area (Å²) in [5.74, 6) is 0.811. The van der Waals surface area contributed by atoms with Gasteiger partial charge in [0.25, 0.3) is 0 Å². The number of aryl methyl sites for hydroxylation is 1. The smallest absolute Gasteiger partial charge is 0.122 e. The van der Waals surface area contributed by atoms with Gasteiger partial charge in [0.1, 0.15) is 12.4 Å². The maximum Gasteiger partial charge on any atom is 0.122 e. The van der Waals surface area contributed by atoms with Crippen LogP contribution in [0.15, 0.2) is 67.4 Å². The van der Waals surface area contributed by atoms with Gasteiger partial charge in [0.15, 0.2) is 0 Å². The third kappa shape index (κ3) is 3.35. The molecule has 2 heteroatoms. The van der Waals surface area contributed by atoms with Gasteiger partial charge in [-0.15, -0.1) is 0 Å². The highest BCUT2D eigenvalue weighted by atomic mass is 16.5. The highest BCUT2D eigenvalue weighted by Gasteiger charge is 2.01. The number of allylic oxidation sites excluding steroid dienone is 2. The molecule has 1 aromatic heterocycles. The number of aromatic nitrogens is 1. The Morgan fingerprint density at radius 3 is 2.85 bits per heavy atom. The normalized spacial score (nSPS) is 11.3. The minimum atomic E-state index is 0.480. The molecular weight excluding hydrogens is 246 g/mol. The quantitative estimate of drug-likeness (QED) is 0.719. The summed E-state index contributed by atoms with van der Waals surface area (Å²) in [6.45, 7) is 10.0. The maximum atomic E-state index is 5.75. The Kier molecular flexibility index (Phi) is 4.72. The summed E-state index contributed by atoms with van der Waals surface area (Å²) in [6.07, 6.45) is 8.30. The topological polar surface area (TPSA) is 22.1 Å². The molecular formula is C18H19NO. The van der Waals surface area contributed by atoms with Crippen LogP contribution in [-0.4, -0.2) is 11.6 Å². The van der Waals surface area contributed by atoms with Crippen LogP contribution in [0.3, 0.4) is 0 Å². The molecule has 102 valence electrons. The van der Waals surface area contributed by atoms with E-state index in [0.29, 0.717) is 6.61 Å². The van der Waals surface area contributed by atoms with Crippen molar-refractivity contribution in [1.82, 2.24) is 4.98 Å². The number of benzene rings is 1. The molecule has 20 heavy (non-hydrogen) atoms. The molecule has 1 aromatic carbocycles. The number of hydrogen-bond acceptors (Lipinski definition) is 2. The lowest BCUT2D eigenvalue weighted by Crippen LogP contribution is -1.99. The average molecular weight is 265 g/mol. The van der Waals surface area contributed by atoms with Crippen molar-refractivity contribution in [3.8, 4) is 5.75 Å². The molecule has 0 saturated carbocycles. The molecule has 0 atom stereocenters. The Balaban J connectivity index is 2.17. The summed E-state index contributed by atoms with van der Waals surface area (Å²) >= 11 is 0. The van der Waals surface area contributed by atoms with Gasteiger partial charge in [-0.05, 0) is 35.8 Å². The first-order valence-corrected chi connectivity index (χ1v) is 6.72. The third-order valence-corrected chi connectivity index (χ3v) is 3.12. The molecule has 2 aromatic rings. The first-order chi connectivity index (χ1) is 9.76. The number of nitrogens with zero attached hydrogens (tertiary/aromatic N) is 1. The molecule has 0 saturated heterocycles. The molecule has 0 radical (unpaired) electrons. The Morgan fingerprint density at radius 2 is 2.15 bits per heavy atom. The number of hydrogen-bond donors (Lipinski definition) is 0. The molecule has 0 spiro atoms. The van der Waals surface area contributed by atoms with Crippen LogP contribution in [0.25, 0.3) is 10.9 Å². The zero-order valence-corrected chi connectivity index (χ0v) is 11.8. The molecule has 0 amide bonds. The van der Waals surface area contributed by atoms with E-state index in [4.69, 9.17) is 4.74 Å². The standard InChI is InChI=1S/C18H19NO/c1-4-7-14(5-2)13-20-17-9-8-16-10-15(6-3)12-19-18(16)11-17/h4-5,7-12H,1-2,6,13H2,3H3/b14-7+. The van der Waals surface area contributed by atoms with E-state index in [1.54, 1.807) is 12.2 Å². The third-order valence-electron chi connectivity index (χ3n) is 3.12. The zero-order valence-electron chi connectivity index (χ0n) is 11.8. The van der Waals surface area contributed by atoms with Crippen molar-refractivity contribution in [1.29, 1.82) is 0 Å². The molecule has 0 bridgehead atoms. The summed E-state index contributed by atoms with van der Waals surface area (Å²) in [5, 5.41) is 1.14. The van der Waals surface area contributed by atoms with Crippen molar-refractivity contribution >= 4 is 10.9 Å². The fourth-order valence-corrected chi connectivity index (χ4v) is 1.92. The van der Waals surface area contributed by atoms with Gasteiger partial charge in [0.2, 0.25) is 0 Å². The van der Waals surface area contributed by atoms with Crippen molar-refractivity contribution in [2.45, 2.75) is 13.3 Å². The van der Waals surface area contributed by atoms with Crippen LogP contribution < -0.4 is 4.74 Å². The van der Waals surface area contributed by atoms with Crippen molar-refractivity contribution in [3.05, 3.63) is 73.0 Å². The Labute approximate surface area is 120 Å². The molecule has 0 N–H and O–H groups in total. The van der Waals surface area contributed by atoms with Crippen LogP contribution in [0.1, 0.15) is 12.5 Å². The molecule has 0 aliphatic rings. The van der Waals surface area contributed by atoms with E-state index in [1.807, 2.05) is 30.5 Å². The van der Waals surface area contributed by atoms with Gasteiger partial charge in [-0.25, -0.2) is 0 Å². The van der Waals surface area contributed by atoms with Crippen LogP contribution in [0.2, 0.25) is 0 Å². The summed E-state index contributed by atoms with van der Waals surface area (Å²) < 4.78 is 5.75. The van der Waals surface area contributed by atoms with Gasteiger partial charge in [0, 0.05) is 17.6 Å². The van der Waals surface area contributed by atoms with Gasteiger partial charge in [-0.3, -0.25) is 4.98 Å². The predicted octanol–water partition coefficient (Wildman–Crippen LogP) is 4.47. The van der Waals surface area contributed by atoms with Crippen molar-refractivity contribution < 1.29 is 4.74 Å². The number of pyridine rings is 1. The lowest BCUT2D eigenvalue weighted by molar-refractivity contribution is 0.356. The van der Waals surface area contributed by atoms with Gasteiger partial charge in [-0.1, -0.05) is 38.3 Å². The van der Waals surface area contributed by atoms with Crippen LogP contribution in [0.5, 0.6) is 5.75 Å². The van der Waals surface area contributed by atoms with E-state index < -0.39 is 0 Å². The van der Waals surface area contributed by atoms with Gasteiger partial charge >= 0.3 is 0 Å². The molecule has 0 unspecified atom stereocenters. The zero-order chi connectivity index (χ0) is 14.4. The Morgan fingerprint density at radius 1 is 1.30 bits per heavy atom. The summed E-state index contributed by atoms with van der Waals surface area (Å²) in [5.41, 5.74) is 3.19. The second-order valence-electron chi connectivity index (χ2n) is 4.52. The van der Waals surface area contributed by atoms with Crippen LogP contribution in [0, 0.1) is 0 Å². The van der Waals surface area contributed by atoms with Crippen molar-refractivity contribution in [2.24, 2.45) is 0 Å². The summed E-state index contributed by atoms with van der Waals surface area (Å²) in [4.78, 5) is 4.47. The fraction of sp³-hybridized carbons (Fsp3) is 0.167. The van der Waals surface area contributed by atoms with Gasteiger partial charge < -0.3 is 4.74 Å². The van der Waals surface area contributed by atoms with Crippen LogP contribution >= 0.6 is 0 Å². The highest BCUT2D eigenvalue weighted by Crippen LogP contribution is 2.20. The number of ether oxygens (including phenoxy) is 1. The summed E-state index contributed by atoms with van der Waals surface area (Å²) in [7, 11) is 0. The van der Waals surface area contributed by atoms with Crippen molar-refractivity contribution in [3.63, 3.8) is 0 Å². The monoisotopic (exact) mass is 265 g/mol. The SMILES string of the molecule is C=C/C=C(\C=C)COc1ccc2cc(CC)cnc2c1. The van der Waals surface area contributed by atoms with Crippen LogP contribution in [-0.2, 0) is 6.42 Å². The van der Waals surface area contributed by atoms with E-state index in [1.165, 1.54) is 5.56 Å². The van der Waals surface area contributed by atoms with E-state index in [-0.39, 0.29) is 0 Å². The van der Waals surface area contributed by atoms with Gasteiger partial charge in [0.05, 0.1) is 5.52 Å². The molecule has 0 aliphatic heterocycles. The van der Waals surface area contributed by atoms with E-state index in [9.17, 15) is 0 Å². The van der Waals surface area contributed by atoms with E-state index in [0.717, 1.165) is 28.6 Å². The highest BCUT2D eigenvalue weighted by molar-refractivity contribution is 5.80. The molecule has 1 heterocycles. The summed E-state index contributed by atoms with van der Waals surface area (Å²) in [6, 6.07) is 8.14. The molecule has 0 aliphatic carbocycles. The second-order valence-corrected chi connectivity index (χ2v) is 4.52. The first-order valence-electron chi connectivity index (χ1n) is 6.72. The minimum absolute atomic E-state index is 0.480. The fourth-order valence-electron chi connectivity index (χ4n) is 1.92. The maximum absolute atomic E-state index is 5.75. The lowest BCUT2D eigenvalue weighted by atomic mass is 10.1. The first kappa shape index (κ1) is 14.1. The van der Waals surface area contributed by atoms with Crippen molar-refractivity contribution in [2.75, 3.05) is 6.61 Å². The Hall–Kier alpha value is -2.35. The van der Waals surface area contributed by atoms with E-state index >= 15 is 0 Å². The minimum Gasteiger partial charge on any atom is -0.489 e. The number of fused-ring (bicyclic) bond motifs is 1. The molecule has 2 nitrogen and oxygen atoms in total. The van der Waals surface area contributed by atoms with Gasteiger partial charge in [-0.2, -0.15) is 0 Å². The van der Waals surface area contributed by atoms with Crippen LogP contribution in [0.4, 0.5) is 0 Å². The molecule has 0 fully saturated rings. The average Bonchev–Trinajstić information content (AvgIpc) is 2.50. The number of rotatable bonds is 6. The Bertz CT molecular complexity index is 656. The predicted molar refractivity (Wildman–Crippen MR) is 85.1 cm³/mol. The second kappa shape index (κ2) is 6.71. The molecule has 2 rings (SSSR count). The van der Waals surface area contributed by atoms with E-state index in [2.05, 4.69) is 31.1 Å². The lowest BCUT2D eigenvalue weighted by Gasteiger charge is -2.08. The largest absolute Gasteiger partial charge is 0.489 e.